The van der Waals surface area contributed by atoms with Gasteiger partial charge in [-0.2, -0.15) is 0 Å². The van der Waals surface area contributed by atoms with Crippen LogP contribution in [-0.4, -0.2) is 25.4 Å². The van der Waals surface area contributed by atoms with E-state index in [0.29, 0.717) is 6.54 Å². The van der Waals surface area contributed by atoms with E-state index in [0.717, 1.165) is 31.4 Å². The van der Waals surface area contributed by atoms with Crippen LogP contribution in [-0.2, 0) is 5.41 Å². The van der Waals surface area contributed by atoms with Crippen LogP contribution in [0, 0.1) is 5.92 Å². The first kappa shape index (κ1) is 17.0. The van der Waals surface area contributed by atoms with Crippen LogP contribution in [0.15, 0.2) is 24.3 Å². The van der Waals surface area contributed by atoms with Gasteiger partial charge in [0.2, 0.25) is 0 Å². The molecule has 1 rings (SSSR count). The Labute approximate surface area is 123 Å². The lowest BCUT2D eigenvalue weighted by molar-refractivity contribution is 0.133. The molecule has 1 aromatic carbocycles. The molecule has 2 atom stereocenters. The van der Waals surface area contributed by atoms with Gasteiger partial charge in [0.05, 0.1) is 7.11 Å². The molecule has 0 spiro atoms. The van der Waals surface area contributed by atoms with Crippen LogP contribution in [0.3, 0.4) is 0 Å². The molecule has 0 amide bonds. The summed E-state index contributed by atoms with van der Waals surface area (Å²) < 4.78 is 5.34. The highest BCUT2D eigenvalue weighted by molar-refractivity contribution is 5.35. The third-order valence-electron chi connectivity index (χ3n) is 4.34. The van der Waals surface area contributed by atoms with Gasteiger partial charge in [0.25, 0.3) is 0 Å². The van der Waals surface area contributed by atoms with Gasteiger partial charge in [-0.1, -0.05) is 38.8 Å². The highest BCUT2D eigenvalue weighted by Gasteiger charge is 2.37. The Morgan fingerprint density at radius 2 is 2.05 bits per heavy atom. The number of aliphatic hydroxyl groups excluding tert-OH is 1. The van der Waals surface area contributed by atoms with Gasteiger partial charge >= 0.3 is 0 Å². The smallest absolute Gasteiger partial charge is 0.119 e. The summed E-state index contributed by atoms with van der Waals surface area (Å²) in [5.74, 6) is 1.05. The maximum Gasteiger partial charge on any atom is 0.119 e. The van der Waals surface area contributed by atoms with Crippen LogP contribution >= 0.6 is 0 Å². The Morgan fingerprint density at radius 1 is 1.30 bits per heavy atom. The lowest BCUT2D eigenvalue weighted by Gasteiger charge is -2.40. The second kappa shape index (κ2) is 8.28. The largest absolute Gasteiger partial charge is 0.497 e. The van der Waals surface area contributed by atoms with Crippen molar-refractivity contribution < 1.29 is 9.84 Å². The molecule has 0 aromatic heterocycles. The number of nitrogens with two attached hydrogens (primary N) is 1. The molecule has 3 N–H and O–H groups in total. The summed E-state index contributed by atoms with van der Waals surface area (Å²) in [7, 11) is 1.68. The fourth-order valence-electron chi connectivity index (χ4n) is 3.24. The highest BCUT2D eigenvalue weighted by Crippen LogP contribution is 2.39. The van der Waals surface area contributed by atoms with Crippen LogP contribution < -0.4 is 10.5 Å². The summed E-state index contributed by atoms with van der Waals surface area (Å²) in [6.45, 7) is 5.06. The molecule has 0 saturated carbocycles. The first-order valence-corrected chi connectivity index (χ1v) is 7.63. The van der Waals surface area contributed by atoms with Gasteiger partial charge in [0, 0.05) is 18.6 Å². The fraction of sp³-hybridized carbons (Fsp3) is 0.647. The maximum absolute atomic E-state index is 9.85. The Hall–Kier alpha value is -1.06. The van der Waals surface area contributed by atoms with Crippen molar-refractivity contribution in [1.29, 1.82) is 0 Å². The summed E-state index contributed by atoms with van der Waals surface area (Å²) >= 11 is 0. The molecular formula is C17H29NO2. The van der Waals surface area contributed by atoms with E-state index in [-0.39, 0.29) is 17.9 Å². The average Bonchev–Trinajstić information content (AvgIpc) is 2.50. The molecule has 0 fully saturated rings. The van der Waals surface area contributed by atoms with Gasteiger partial charge in [-0.25, -0.2) is 0 Å². The normalized spacial score (nSPS) is 15.7. The molecule has 1 aromatic rings. The lowest BCUT2D eigenvalue weighted by Crippen LogP contribution is -2.44. The van der Waals surface area contributed by atoms with Crippen LogP contribution in [0.1, 0.15) is 45.1 Å². The second-order valence-electron chi connectivity index (χ2n) is 5.51. The zero-order chi connectivity index (χ0) is 15.0. The zero-order valence-corrected chi connectivity index (χ0v) is 13.1. The van der Waals surface area contributed by atoms with Crippen molar-refractivity contribution >= 4 is 0 Å². The van der Waals surface area contributed by atoms with Gasteiger partial charge in [-0.3, -0.25) is 0 Å². The quantitative estimate of drug-likeness (QED) is 0.730. The highest BCUT2D eigenvalue weighted by atomic mass is 16.5. The molecule has 0 aliphatic carbocycles. The monoisotopic (exact) mass is 279 g/mol. The van der Waals surface area contributed by atoms with E-state index in [1.165, 1.54) is 5.56 Å². The molecule has 20 heavy (non-hydrogen) atoms. The maximum atomic E-state index is 9.85. The fourth-order valence-corrected chi connectivity index (χ4v) is 3.24. The molecule has 0 unspecified atom stereocenters. The summed E-state index contributed by atoms with van der Waals surface area (Å²) in [4.78, 5) is 0. The van der Waals surface area contributed by atoms with E-state index >= 15 is 0 Å². The van der Waals surface area contributed by atoms with Gasteiger partial charge < -0.3 is 15.6 Å². The third kappa shape index (κ3) is 3.53. The van der Waals surface area contributed by atoms with E-state index < -0.39 is 0 Å². The summed E-state index contributed by atoms with van der Waals surface area (Å²) in [5, 5.41) is 9.85. The number of benzene rings is 1. The molecule has 0 heterocycles. The first-order valence-electron chi connectivity index (χ1n) is 7.63. The molecule has 0 aliphatic rings. The predicted molar refractivity (Wildman–Crippen MR) is 84.1 cm³/mol. The molecule has 3 heteroatoms. The molecule has 114 valence electrons. The SMILES string of the molecule is CCC[C@H](CO)[C@](CN)(CCC)c1cccc(OC)c1. The molecular weight excluding hydrogens is 250 g/mol. The summed E-state index contributed by atoms with van der Waals surface area (Å²) in [6, 6.07) is 8.14. The Kier molecular flexibility index (Phi) is 7.03. The van der Waals surface area contributed by atoms with Crippen molar-refractivity contribution in [3.05, 3.63) is 29.8 Å². The van der Waals surface area contributed by atoms with Gasteiger partial charge in [0.15, 0.2) is 0 Å². The van der Waals surface area contributed by atoms with Crippen LogP contribution in [0.2, 0.25) is 0 Å². The molecule has 0 radical (unpaired) electrons. The molecule has 3 nitrogen and oxygen atoms in total. The predicted octanol–water partition coefficient (Wildman–Crippen LogP) is 3.10. The Balaban J connectivity index is 3.26. The summed E-state index contributed by atoms with van der Waals surface area (Å²) in [5.41, 5.74) is 7.20. The number of hydrogen-bond acceptors (Lipinski definition) is 3. The van der Waals surface area contributed by atoms with E-state index in [1.807, 2.05) is 12.1 Å². The number of aliphatic hydroxyl groups is 1. The van der Waals surface area contributed by atoms with Crippen LogP contribution in [0.5, 0.6) is 5.75 Å². The summed E-state index contributed by atoms with van der Waals surface area (Å²) in [6.07, 6.45) is 4.09. The zero-order valence-electron chi connectivity index (χ0n) is 13.1. The minimum absolute atomic E-state index is 0.159. The Bertz CT molecular complexity index is 394. The van der Waals surface area contributed by atoms with E-state index in [9.17, 15) is 5.11 Å². The standard InChI is InChI=1S/C17H29NO2/c1-4-7-15(12-19)17(13-18,10-5-2)14-8-6-9-16(11-14)20-3/h6,8-9,11,15,19H,4-5,7,10,12-13,18H2,1-3H3/t15-,17+/m1/s1. The van der Waals surface area contributed by atoms with Gasteiger partial charge in [0.1, 0.15) is 5.75 Å². The number of methoxy groups -OCH3 is 1. The Morgan fingerprint density at radius 3 is 2.55 bits per heavy atom. The average molecular weight is 279 g/mol. The van der Waals surface area contributed by atoms with Crippen molar-refractivity contribution in [2.24, 2.45) is 11.7 Å². The van der Waals surface area contributed by atoms with Crippen molar-refractivity contribution in [2.45, 2.75) is 44.9 Å². The number of hydrogen-bond donors (Lipinski definition) is 2. The van der Waals surface area contributed by atoms with E-state index in [4.69, 9.17) is 10.5 Å². The minimum atomic E-state index is -0.159. The number of rotatable bonds is 9. The minimum Gasteiger partial charge on any atom is -0.497 e. The van der Waals surface area contributed by atoms with Gasteiger partial charge in [-0.15, -0.1) is 0 Å². The third-order valence-corrected chi connectivity index (χ3v) is 4.34. The van der Waals surface area contributed by atoms with Crippen molar-refractivity contribution in [2.75, 3.05) is 20.3 Å². The van der Waals surface area contributed by atoms with E-state index in [2.05, 4.69) is 26.0 Å². The molecule has 0 bridgehead atoms. The topological polar surface area (TPSA) is 55.5 Å². The van der Waals surface area contributed by atoms with Crippen molar-refractivity contribution in [3.8, 4) is 5.75 Å². The van der Waals surface area contributed by atoms with Crippen LogP contribution in [0.4, 0.5) is 0 Å². The lowest BCUT2D eigenvalue weighted by atomic mass is 9.66. The van der Waals surface area contributed by atoms with Crippen molar-refractivity contribution in [3.63, 3.8) is 0 Å². The van der Waals surface area contributed by atoms with E-state index in [1.54, 1.807) is 7.11 Å². The van der Waals surface area contributed by atoms with Crippen LogP contribution in [0.25, 0.3) is 0 Å². The number of ether oxygens (including phenoxy) is 1. The molecule has 0 saturated heterocycles. The molecule has 0 aliphatic heterocycles. The van der Waals surface area contributed by atoms with Gasteiger partial charge in [-0.05, 0) is 36.5 Å². The second-order valence-corrected chi connectivity index (χ2v) is 5.51. The first-order chi connectivity index (χ1) is 9.68. The van der Waals surface area contributed by atoms with Crippen molar-refractivity contribution in [1.82, 2.24) is 0 Å².